The Balaban J connectivity index is 5.48. The monoisotopic (exact) mass is 1470 g/mol. The summed E-state index contributed by atoms with van der Waals surface area (Å²) in [7, 11) is -10.0. The van der Waals surface area contributed by atoms with Crippen molar-refractivity contribution in [3.05, 3.63) is 158 Å². The third-order valence-corrected chi connectivity index (χ3v) is 17.4. The van der Waals surface area contributed by atoms with E-state index in [1.165, 1.54) is 64.2 Å². The van der Waals surface area contributed by atoms with E-state index in [0.29, 0.717) is 32.1 Å². The van der Waals surface area contributed by atoms with Crippen molar-refractivity contribution < 1.29 is 80.2 Å². The topological polar surface area (TPSA) is 237 Å². The Morgan fingerprint density at radius 3 is 0.892 bits per heavy atom. The summed E-state index contributed by atoms with van der Waals surface area (Å²) in [6.07, 6.45) is 85.5. The van der Waals surface area contributed by atoms with Crippen LogP contribution in [0.1, 0.15) is 285 Å². The van der Waals surface area contributed by atoms with Crippen LogP contribution in [-0.4, -0.2) is 96.7 Å². The van der Waals surface area contributed by atoms with Crippen LogP contribution >= 0.6 is 15.6 Å². The van der Waals surface area contributed by atoms with Crippen molar-refractivity contribution in [2.24, 2.45) is 0 Å². The number of hydrogen-bond acceptors (Lipinski definition) is 15. The van der Waals surface area contributed by atoms with Gasteiger partial charge in [-0.2, -0.15) is 0 Å². The number of ether oxygens (including phenoxy) is 4. The molecule has 19 heteroatoms. The minimum atomic E-state index is -5.00. The highest BCUT2D eigenvalue weighted by Crippen LogP contribution is 2.45. The molecular formula is C83H136O17P2. The summed E-state index contributed by atoms with van der Waals surface area (Å²) in [5, 5.41) is 10.6. The summed E-state index contributed by atoms with van der Waals surface area (Å²) in [6, 6.07) is 0. The van der Waals surface area contributed by atoms with Gasteiger partial charge in [0.05, 0.1) is 32.8 Å². The van der Waals surface area contributed by atoms with Gasteiger partial charge in [0, 0.05) is 19.3 Å². The Hall–Kier alpha value is -5.32. The first kappa shape index (κ1) is 96.7. The van der Waals surface area contributed by atoms with Crippen LogP contribution in [0.25, 0.3) is 0 Å². The first-order valence-electron chi connectivity index (χ1n) is 38.7. The maximum atomic E-state index is 13.1. The van der Waals surface area contributed by atoms with Gasteiger partial charge in [-0.25, -0.2) is 9.13 Å². The summed E-state index contributed by atoms with van der Waals surface area (Å²) in [5.74, 6) is -2.40. The number of unbranched alkanes of at least 4 members (excludes halogenated alkanes) is 20. The molecule has 0 fully saturated rings. The van der Waals surface area contributed by atoms with Crippen LogP contribution in [0.4, 0.5) is 0 Å². The van der Waals surface area contributed by atoms with Gasteiger partial charge in [-0.05, 0) is 128 Å². The summed E-state index contributed by atoms with van der Waals surface area (Å²) in [4.78, 5) is 72.9. The largest absolute Gasteiger partial charge is 0.472 e. The highest BCUT2D eigenvalue weighted by atomic mass is 31.2. The van der Waals surface area contributed by atoms with E-state index in [1.54, 1.807) is 6.08 Å². The van der Waals surface area contributed by atoms with Crippen LogP contribution in [0.5, 0.6) is 0 Å². The molecule has 580 valence electrons. The zero-order valence-corrected chi connectivity index (χ0v) is 65.0. The highest BCUT2D eigenvalue weighted by molar-refractivity contribution is 7.47. The van der Waals surface area contributed by atoms with Crippen LogP contribution in [0.2, 0.25) is 0 Å². The predicted molar refractivity (Wildman–Crippen MR) is 417 cm³/mol. The molecule has 0 aromatic carbocycles. The number of hydrogen-bond donors (Lipinski definition) is 3. The van der Waals surface area contributed by atoms with Gasteiger partial charge >= 0.3 is 39.5 Å². The van der Waals surface area contributed by atoms with Crippen LogP contribution in [0, 0.1) is 0 Å². The van der Waals surface area contributed by atoms with E-state index in [0.717, 1.165) is 135 Å². The summed E-state index contributed by atoms with van der Waals surface area (Å²) in [6.45, 7) is 4.33. The van der Waals surface area contributed by atoms with Crippen molar-refractivity contribution in [1.82, 2.24) is 0 Å². The Kier molecular flexibility index (Phi) is 70.1. The van der Waals surface area contributed by atoms with Crippen molar-refractivity contribution in [3.63, 3.8) is 0 Å². The lowest BCUT2D eigenvalue weighted by molar-refractivity contribution is -0.161. The fourth-order valence-corrected chi connectivity index (χ4v) is 11.3. The van der Waals surface area contributed by atoms with Gasteiger partial charge in [-0.1, -0.05) is 288 Å². The predicted octanol–water partition coefficient (Wildman–Crippen LogP) is 22.4. The van der Waals surface area contributed by atoms with Crippen molar-refractivity contribution >= 4 is 39.5 Å². The summed E-state index contributed by atoms with van der Waals surface area (Å²) < 4.78 is 68.3. The van der Waals surface area contributed by atoms with Gasteiger partial charge < -0.3 is 33.8 Å². The summed E-state index contributed by atoms with van der Waals surface area (Å²) in [5.41, 5.74) is 0. The third-order valence-electron chi connectivity index (χ3n) is 15.5. The van der Waals surface area contributed by atoms with E-state index < -0.39 is 97.5 Å². The molecular weight excluding hydrogens is 1330 g/mol. The SMILES string of the molecule is CC/C=C\C/C=C\C/C=C\C/C=C\C/C=C\CC(=O)OCC(COP(=O)(O)OCC(O)COP(=O)(O)OCC(COC(=O)CCCCCC/C=C\C/C=C\C/C=C\C/C=C\CC)OC(=O)CCCC/C=C\C/C=C\C/C=C\C/C=C\CC)OC(=O)CCCCCCCCCCCCCCCCC. The fourth-order valence-electron chi connectivity index (χ4n) is 9.75. The molecule has 0 heterocycles. The number of phosphoric ester groups is 2. The molecule has 0 aromatic rings. The van der Waals surface area contributed by atoms with Gasteiger partial charge in [0.15, 0.2) is 12.2 Å². The van der Waals surface area contributed by atoms with E-state index in [-0.39, 0.29) is 25.7 Å². The number of aliphatic hydroxyl groups excluding tert-OH is 1. The Morgan fingerprint density at radius 1 is 0.294 bits per heavy atom. The number of aliphatic hydroxyl groups is 1. The van der Waals surface area contributed by atoms with Gasteiger partial charge in [-0.3, -0.25) is 37.3 Å². The van der Waals surface area contributed by atoms with E-state index in [1.807, 2.05) is 18.2 Å². The first-order valence-corrected chi connectivity index (χ1v) is 41.7. The van der Waals surface area contributed by atoms with Gasteiger partial charge in [-0.15, -0.1) is 0 Å². The van der Waals surface area contributed by atoms with Gasteiger partial charge in [0.25, 0.3) is 0 Å². The quantitative estimate of drug-likeness (QED) is 0.0169. The molecule has 0 aliphatic carbocycles. The van der Waals surface area contributed by atoms with Crippen LogP contribution < -0.4 is 0 Å². The van der Waals surface area contributed by atoms with Crippen LogP contribution in [0.15, 0.2) is 158 Å². The van der Waals surface area contributed by atoms with Gasteiger partial charge in [0.2, 0.25) is 0 Å². The second-order valence-electron chi connectivity index (χ2n) is 25.2. The molecule has 102 heavy (non-hydrogen) atoms. The molecule has 0 radical (unpaired) electrons. The molecule has 0 aromatic heterocycles. The lowest BCUT2D eigenvalue weighted by Gasteiger charge is -2.21. The molecule has 0 amide bonds. The molecule has 0 bridgehead atoms. The fraction of sp³-hybridized carbons (Fsp3) is 0.639. The minimum absolute atomic E-state index is 0.0298. The van der Waals surface area contributed by atoms with Crippen molar-refractivity contribution in [1.29, 1.82) is 0 Å². The molecule has 0 saturated heterocycles. The number of allylic oxidation sites excluding steroid dienone is 25. The zero-order chi connectivity index (χ0) is 74.6. The maximum Gasteiger partial charge on any atom is 0.472 e. The highest BCUT2D eigenvalue weighted by Gasteiger charge is 2.30. The van der Waals surface area contributed by atoms with E-state index in [9.17, 15) is 43.2 Å². The lowest BCUT2D eigenvalue weighted by atomic mass is 10.0. The number of rotatable bonds is 71. The van der Waals surface area contributed by atoms with Gasteiger partial charge in [0.1, 0.15) is 19.3 Å². The second-order valence-corrected chi connectivity index (χ2v) is 28.1. The Bertz CT molecular complexity index is 2550. The molecule has 5 unspecified atom stereocenters. The number of carbonyl (C=O) groups is 4. The maximum absolute atomic E-state index is 13.1. The number of carbonyl (C=O) groups excluding carboxylic acids is 4. The molecule has 5 atom stereocenters. The van der Waals surface area contributed by atoms with Crippen molar-refractivity contribution in [2.75, 3.05) is 39.6 Å². The van der Waals surface area contributed by atoms with Crippen LogP contribution in [0.3, 0.4) is 0 Å². The van der Waals surface area contributed by atoms with E-state index in [2.05, 4.69) is 161 Å². The average molecular weight is 1470 g/mol. The molecule has 0 aliphatic heterocycles. The van der Waals surface area contributed by atoms with E-state index in [4.69, 9.17) is 37.0 Å². The standard InChI is InChI=1S/C83H136O17P2/c1-5-9-13-17-21-25-29-33-37-38-42-44-48-52-56-60-64-68-81(86)94-74-79(100-83(88)70-66-62-58-54-50-46-41-36-32-28-24-20-16-12-8-4)76-98-102(91,92)96-72-77(84)71-95-101(89,90)97-75-78(99-82(87)69-65-61-57-53-49-45-40-35-31-27-23-19-15-11-7-3)73-93-80(85)67-63-59-55-51-47-43-39-34-30-26-22-18-14-10-6-2/h9-10,12-14,16,21-22,24-26,28,33-34,36-37,39,41-42,44,47,50-51,54,59,63,77-79,84H,5-8,11,15,17-20,23,27,29-32,35,38,40,43,45-46,48-49,52-53,55-58,60-62,64-76H2,1-4H3,(H,89,90)(H,91,92)/b13-9-,14-10-,16-12-,25-21-,26-22-,28-24-,37-33-,39-34-,41-36-,44-42-,51-47-,54-50-,63-59-. The molecule has 0 aliphatic rings. The van der Waals surface area contributed by atoms with Crippen molar-refractivity contribution in [2.45, 2.75) is 303 Å². The summed E-state index contributed by atoms with van der Waals surface area (Å²) >= 11 is 0. The Labute approximate surface area is 617 Å². The number of phosphoric acid groups is 2. The molecule has 17 nitrogen and oxygen atoms in total. The molecule has 3 N–H and O–H groups in total. The molecule has 0 rings (SSSR count). The van der Waals surface area contributed by atoms with Crippen LogP contribution in [-0.2, 0) is 65.4 Å². The zero-order valence-electron chi connectivity index (χ0n) is 63.2. The minimum Gasteiger partial charge on any atom is -0.462 e. The normalized spacial score (nSPS) is 14.8. The Morgan fingerprint density at radius 2 is 0.549 bits per heavy atom. The smallest absolute Gasteiger partial charge is 0.462 e. The lowest BCUT2D eigenvalue weighted by Crippen LogP contribution is -2.30. The average Bonchev–Trinajstić information content (AvgIpc) is 0.926. The number of esters is 4. The first-order chi connectivity index (χ1) is 49.7. The molecule has 0 saturated carbocycles. The molecule has 0 spiro atoms. The second kappa shape index (κ2) is 74.0. The third kappa shape index (κ3) is 73.0. The van der Waals surface area contributed by atoms with E-state index >= 15 is 0 Å². The van der Waals surface area contributed by atoms with Crippen molar-refractivity contribution in [3.8, 4) is 0 Å².